The number of unbranched alkanes of at least 4 members (excludes halogenated alkanes) is 1. The summed E-state index contributed by atoms with van der Waals surface area (Å²) < 4.78 is 5.15. The topological polar surface area (TPSA) is 36.7 Å². The van der Waals surface area contributed by atoms with E-state index in [4.69, 9.17) is 4.42 Å². The predicted octanol–water partition coefficient (Wildman–Crippen LogP) is 2.73. The summed E-state index contributed by atoms with van der Waals surface area (Å²) >= 11 is 1.71. The third-order valence-electron chi connectivity index (χ3n) is 4.12. The Bertz CT molecular complexity index is 429. The van der Waals surface area contributed by atoms with Crippen LogP contribution in [0, 0.1) is 0 Å². The lowest BCUT2D eigenvalue weighted by molar-refractivity contribution is -0.128. The molecule has 1 unspecified atom stereocenters. The number of hydrogen-bond donors (Lipinski definition) is 0. The van der Waals surface area contributed by atoms with E-state index in [1.807, 2.05) is 11.0 Å². The lowest BCUT2D eigenvalue weighted by atomic mass is 10.2. The van der Waals surface area contributed by atoms with Crippen LogP contribution in [0.25, 0.3) is 0 Å². The fourth-order valence-corrected chi connectivity index (χ4v) is 4.21. The number of carbonyl (C=O) groups is 1. The van der Waals surface area contributed by atoms with Gasteiger partial charge < -0.3 is 14.2 Å². The molecular formula is C15H22N2O2S. The molecule has 110 valence electrons. The molecule has 1 aromatic heterocycles. The fraction of sp³-hybridized carbons (Fsp3) is 0.667. The maximum Gasteiger partial charge on any atom is 0.233 e. The zero-order valence-electron chi connectivity index (χ0n) is 11.8. The first kappa shape index (κ1) is 14.0. The van der Waals surface area contributed by atoms with E-state index in [0.717, 1.165) is 18.5 Å². The van der Waals surface area contributed by atoms with Crippen LogP contribution >= 0.6 is 11.8 Å². The van der Waals surface area contributed by atoms with Crippen LogP contribution in [0.4, 0.5) is 0 Å². The van der Waals surface area contributed by atoms with Crippen LogP contribution in [0.3, 0.4) is 0 Å². The largest absolute Gasteiger partial charge is 0.472 e. The van der Waals surface area contributed by atoms with Gasteiger partial charge in [-0.15, -0.1) is 11.8 Å². The highest BCUT2D eigenvalue weighted by Gasteiger charge is 2.32. The molecule has 2 aliphatic heterocycles. The van der Waals surface area contributed by atoms with E-state index in [1.54, 1.807) is 24.3 Å². The molecule has 1 atom stereocenters. The molecule has 0 N–H and O–H groups in total. The summed E-state index contributed by atoms with van der Waals surface area (Å²) in [6.45, 7) is 4.58. The second kappa shape index (κ2) is 6.68. The SMILES string of the molecule is O=C1CSC(c2ccoc2)N1CCCCN1CCCC1. The van der Waals surface area contributed by atoms with Crippen molar-refractivity contribution >= 4 is 17.7 Å². The van der Waals surface area contributed by atoms with Gasteiger partial charge >= 0.3 is 0 Å². The molecule has 5 heteroatoms. The highest BCUT2D eigenvalue weighted by Crippen LogP contribution is 2.38. The summed E-state index contributed by atoms with van der Waals surface area (Å²) in [5.74, 6) is 0.865. The van der Waals surface area contributed by atoms with Gasteiger partial charge in [-0.05, 0) is 51.4 Å². The van der Waals surface area contributed by atoms with Crippen molar-refractivity contribution in [3.63, 3.8) is 0 Å². The van der Waals surface area contributed by atoms with Crippen molar-refractivity contribution in [3.05, 3.63) is 24.2 Å². The van der Waals surface area contributed by atoms with Crippen molar-refractivity contribution in [2.24, 2.45) is 0 Å². The van der Waals surface area contributed by atoms with E-state index in [0.29, 0.717) is 5.75 Å². The van der Waals surface area contributed by atoms with Gasteiger partial charge in [-0.25, -0.2) is 0 Å². The van der Waals surface area contributed by atoms with Gasteiger partial charge in [0.05, 0.1) is 18.3 Å². The highest BCUT2D eigenvalue weighted by molar-refractivity contribution is 8.00. The lowest BCUT2D eigenvalue weighted by Crippen LogP contribution is -2.30. The molecule has 2 fully saturated rings. The van der Waals surface area contributed by atoms with Crippen LogP contribution in [0.1, 0.15) is 36.6 Å². The minimum Gasteiger partial charge on any atom is -0.472 e. The molecular weight excluding hydrogens is 272 g/mol. The quantitative estimate of drug-likeness (QED) is 0.756. The Hall–Kier alpha value is -0.940. The molecule has 1 amide bonds. The number of thioether (sulfide) groups is 1. The third-order valence-corrected chi connectivity index (χ3v) is 5.37. The van der Waals surface area contributed by atoms with Crippen molar-refractivity contribution < 1.29 is 9.21 Å². The Labute approximate surface area is 124 Å². The minimum atomic E-state index is 0.160. The molecule has 2 aliphatic rings. The Morgan fingerprint density at radius 2 is 2.05 bits per heavy atom. The van der Waals surface area contributed by atoms with Gasteiger partial charge in [-0.2, -0.15) is 0 Å². The molecule has 0 aliphatic carbocycles. The van der Waals surface area contributed by atoms with Crippen LogP contribution in [0.5, 0.6) is 0 Å². The zero-order chi connectivity index (χ0) is 13.8. The number of amides is 1. The van der Waals surface area contributed by atoms with Gasteiger partial charge in [-0.1, -0.05) is 0 Å². The van der Waals surface area contributed by atoms with Crippen molar-refractivity contribution in [2.45, 2.75) is 31.1 Å². The van der Waals surface area contributed by atoms with Crippen molar-refractivity contribution in [1.82, 2.24) is 9.80 Å². The van der Waals surface area contributed by atoms with Crippen molar-refractivity contribution in [1.29, 1.82) is 0 Å². The Morgan fingerprint density at radius 3 is 2.80 bits per heavy atom. The molecule has 0 aromatic carbocycles. The number of likely N-dealkylation sites (tertiary alicyclic amines) is 1. The minimum absolute atomic E-state index is 0.160. The molecule has 20 heavy (non-hydrogen) atoms. The molecule has 0 bridgehead atoms. The van der Waals surface area contributed by atoms with E-state index in [1.165, 1.54) is 38.9 Å². The molecule has 3 heterocycles. The fourth-order valence-electron chi connectivity index (χ4n) is 3.01. The summed E-state index contributed by atoms with van der Waals surface area (Å²) in [5.41, 5.74) is 1.11. The number of carbonyl (C=O) groups excluding carboxylic acids is 1. The van der Waals surface area contributed by atoms with Crippen LogP contribution in [-0.2, 0) is 4.79 Å². The second-order valence-electron chi connectivity index (χ2n) is 5.56. The second-order valence-corrected chi connectivity index (χ2v) is 6.63. The van der Waals surface area contributed by atoms with Crippen molar-refractivity contribution in [3.8, 4) is 0 Å². The number of nitrogens with zero attached hydrogens (tertiary/aromatic N) is 2. The van der Waals surface area contributed by atoms with E-state index < -0.39 is 0 Å². The normalized spacial score (nSPS) is 23.9. The monoisotopic (exact) mass is 294 g/mol. The maximum atomic E-state index is 12.0. The summed E-state index contributed by atoms with van der Waals surface area (Å²) in [6.07, 6.45) is 8.43. The molecule has 1 aromatic rings. The third kappa shape index (κ3) is 3.20. The standard InChI is InChI=1S/C15H22N2O2S/c18-14-12-20-15(13-5-10-19-11-13)17(14)9-4-3-8-16-6-1-2-7-16/h5,10-11,15H,1-4,6-9,12H2. The van der Waals surface area contributed by atoms with Gasteiger partial charge in [0.2, 0.25) is 5.91 Å². The van der Waals surface area contributed by atoms with Gasteiger partial charge in [0, 0.05) is 12.1 Å². The number of hydrogen-bond acceptors (Lipinski definition) is 4. The van der Waals surface area contributed by atoms with Gasteiger partial charge in [0.15, 0.2) is 0 Å². The summed E-state index contributed by atoms with van der Waals surface area (Å²) in [6, 6.07) is 1.97. The molecule has 2 saturated heterocycles. The van der Waals surface area contributed by atoms with E-state index in [9.17, 15) is 4.79 Å². The van der Waals surface area contributed by atoms with Crippen molar-refractivity contribution in [2.75, 3.05) is 31.9 Å². The smallest absolute Gasteiger partial charge is 0.233 e. The van der Waals surface area contributed by atoms with Crippen LogP contribution in [0.15, 0.2) is 23.0 Å². The number of furan rings is 1. The Kier molecular flexibility index (Phi) is 4.68. The maximum absolute atomic E-state index is 12.0. The summed E-state index contributed by atoms with van der Waals surface area (Å²) in [7, 11) is 0. The number of rotatable bonds is 6. The zero-order valence-corrected chi connectivity index (χ0v) is 12.6. The molecule has 0 saturated carbocycles. The average Bonchev–Trinajstić information content (AvgIpc) is 3.17. The summed E-state index contributed by atoms with van der Waals surface area (Å²) in [4.78, 5) is 16.5. The van der Waals surface area contributed by atoms with Crippen LogP contribution < -0.4 is 0 Å². The highest BCUT2D eigenvalue weighted by atomic mass is 32.2. The van der Waals surface area contributed by atoms with Gasteiger partial charge in [0.1, 0.15) is 5.37 Å². The predicted molar refractivity (Wildman–Crippen MR) is 80.5 cm³/mol. The van der Waals surface area contributed by atoms with E-state index >= 15 is 0 Å². The first-order valence-electron chi connectivity index (χ1n) is 7.50. The van der Waals surface area contributed by atoms with Crippen LogP contribution in [0.2, 0.25) is 0 Å². The molecule has 4 nitrogen and oxygen atoms in total. The Morgan fingerprint density at radius 1 is 1.25 bits per heavy atom. The molecule has 0 spiro atoms. The lowest BCUT2D eigenvalue weighted by Gasteiger charge is -2.23. The Balaban J connectivity index is 1.46. The van der Waals surface area contributed by atoms with E-state index in [2.05, 4.69) is 4.90 Å². The van der Waals surface area contributed by atoms with Crippen LogP contribution in [-0.4, -0.2) is 47.6 Å². The molecule has 0 radical (unpaired) electrons. The summed E-state index contributed by atoms with van der Waals surface area (Å²) in [5, 5.41) is 0.160. The van der Waals surface area contributed by atoms with Gasteiger partial charge in [0.25, 0.3) is 0 Å². The first-order valence-corrected chi connectivity index (χ1v) is 8.55. The van der Waals surface area contributed by atoms with E-state index in [-0.39, 0.29) is 11.3 Å². The first-order chi connectivity index (χ1) is 9.84. The average molecular weight is 294 g/mol. The van der Waals surface area contributed by atoms with Gasteiger partial charge in [-0.3, -0.25) is 4.79 Å². The molecule has 3 rings (SSSR count).